The fourth-order valence-corrected chi connectivity index (χ4v) is 4.37. The van der Waals surface area contributed by atoms with Gasteiger partial charge in [-0.3, -0.25) is 9.89 Å². The van der Waals surface area contributed by atoms with E-state index >= 15 is 0 Å². The molecule has 32 heavy (non-hydrogen) atoms. The summed E-state index contributed by atoms with van der Waals surface area (Å²) in [5.74, 6) is 0.615. The molecule has 5 rings (SSSR count). The van der Waals surface area contributed by atoms with Gasteiger partial charge < -0.3 is 9.64 Å². The average Bonchev–Trinajstić information content (AvgIpc) is 3.57. The molecule has 166 valence electrons. The minimum atomic E-state index is -0.226. The molecule has 2 aliphatic carbocycles. The standard InChI is InChI=1S/C26H28FN3O2/c27-20-9-5-18(6-10-20)15-16-32-22-13-7-19(8-14-22)17-30(21-11-12-21)26(31)25-23-3-1-2-4-24(23)28-29-25/h5-10,13-14,21H,1-4,11-12,15-17H2,(H,28,29). The van der Waals surface area contributed by atoms with E-state index in [1.165, 1.54) is 12.1 Å². The second kappa shape index (κ2) is 9.15. The van der Waals surface area contributed by atoms with E-state index < -0.39 is 0 Å². The van der Waals surface area contributed by atoms with Crippen molar-refractivity contribution in [3.05, 3.63) is 82.4 Å². The number of rotatable bonds is 8. The minimum Gasteiger partial charge on any atom is -0.493 e. The van der Waals surface area contributed by atoms with Crippen LogP contribution in [0, 0.1) is 5.82 Å². The quantitative estimate of drug-likeness (QED) is 0.552. The summed E-state index contributed by atoms with van der Waals surface area (Å²) in [6.45, 7) is 1.11. The Morgan fingerprint density at radius 2 is 1.75 bits per heavy atom. The average molecular weight is 434 g/mol. The number of aromatic amines is 1. The predicted molar refractivity (Wildman–Crippen MR) is 120 cm³/mol. The summed E-state index contributed by atoms with van der Waals surface area (Å²) in [5.41, 5.74) is 5.00. The van der Waals surface area contributed by atoms with Gasteiger partial charge in [0.05, 0.1) is 6.61 Å². The van der Waals surface area contributed by atoms with Crippen LogP contribution in [-0.4, -0.2) is 33.7 Å². The molecule has 1 fully saturated rings. The Bertz CT molecular complexity index is 1070. The molecule has 0 bridgehead atoms. The molecule has 5 nitrogen and oxygen atoms in total. The molecule has 6 heteroatoms. The summed E-state index contributed by atoms with van der Waals surface area (Å²) in [4.78, 5) is 15.3. The van der Waals surface area contributed by atoms with Gasteiger partial charge in [-0.2, -0.15) is 5.10 Å². The molecule has 0 spiro atoms. The van der Waals surface area contributed by atoms with Gasteiger partial charge in [0.2, 0.25) is 0 Å². The van der Waals surface area contributed by atoms with Crippen LogP contribution in [0.25, 0.3) is 0 Å². The fourth-order valence-electron chi connectivity index (χ4n) is 4.37. The summed E-state index contributed by atoms with van der Waals surface area (Å²) in [6.07, 6.45) is 7.05. The van der Waals surface area contributed by atoms with Crippen LogP contribution < -0.4 is 4.74 Å². The van der Waals surface area contributed by atoms with E-state index in [0.29, 0.717) is 24.9 Å². The van der Waals surface area contributed by atoms with E-state index in [-0.39, 0.29) is 11.7 Å². The Hall–Kier alpha value is -3.15. The zero-order valence-corrected chi connectivity index (χ0v) is 18.1. The number of carbonyl (C=O) groups excluding carboxylic acids is 1. The monoisotopic (exact) mass is 433 g/mol. The van der Waals surface area contributed by atoms with Crippen molar-refractivity contribution >= 4 is 5.91 Å². The van der Waals surface area contributed by atoms with Crippen molar-refractivity contribution in [1.82, 2.24) is 15.1 Å². The van der Waals surface area contributed by atoms with Gasteiger partial charge in [-0.05, 0) is 73.9 Å². The number of aromatic nitrogens is 2. The molecule has 0 unspecified atom stereocenters. The van der Waals surface area contributed by atoms with E-state index in [9.17, 15) is 9.18 Å². The number of benzene rings is 2. The van der Waals surface area contributed by atoms with Crippen LogP contribution in [0.15, 0.2) is 48.5 Å². The second-order valence-electron chi connectivity index (χ2n) is 8.77. The van der Waals surface area contributed by atoms with Crippen LogP contribution in [0.5, 0.6) is 5.75 Å². The van der Waals surface area contributed by atoms with E-state index in [0.717, 1.165) is 73.1 Å². The number of ether oxygens (including phenoxy) is 1. The maximum atomic E-state index is 13.3. The first-order valence-electron chi connectivity index (χ1n) is 11.5. The van der Waals surface area contributed by atoms with Crippen molar-refractivity contribution in [2.45, 2.75) is 57.5 Å². The fraction of sp³-hybridized carbons (Fsp3) is 0.385. The number of fused-ring (bicyclic) bond motifs is 1. The number of halogens is 1. The molecule has 1 aromatic heterocycles. The summed E-state index contributed by atoms with van der Waals surface area (Å²) >= 11 is 0. The van der Waals surface area contributed by atoms with E-state index in [2.05, 4.69) is 10.2 Å². The third-order valence-corrected chi connectivity index (χ3v) is 6.36. The number of H-pyrrole nitrogens is 1. The highest BCUT2D eigenvalue weighted by Gasteiger charge is 2.35. The second-order valence-corrected chi connectivity index (χ2v) is 8.77. The SMILES string of the molecule is O=C(c1n[nH]c2c1CCCC2)N(Cc1ccc(OCCc2ccc(F)cc2)cc1)C1CC1. The van der Waals surface area contributed by atoms with E-state index in [1.54, 1.807) is 12.1 Å². The molecule has 0 aliphatic heterocycles. The van der Waals surface area contributed by atoms with Crippen molar-refractivity contribution in [3.63, 3.8) is 0 Å². The van der Waals surface area contributed by atoms with Crippen LogP contribution >= 0.6 is 0 Å². The van der Waals surface area contributed by atoms with Gasteiger partial charge in [0.15, 0.2) is 5.69 Å². The number of hydrogen-bond donors (Lipinski definition) is 1. The molecule has 0 saturated heterocycles. The van der Waals surface area contributed by atoms with Crippen molar-refractivity contribution in [3.8, 4) is 5.75 Å². The first-order chi connectivity index (χ1) is 15.7. The summed E-state index contributed by atoms with van der Waals surface area (Å²) in [6, 6.07) is 14.8. The summed E-state index contributed by atoms with van der Waals surface area (Å²) in [5, 5.41) is 7.49. The van der Waals surface area contributed by atoms with Gasteiger partial charge in [-0.25, -0.2) is 4.39 Å². The maximum Gasteiger partial charge on any atom is 0.275 e. The molecule has 0 radical (unpaired) electrons. The van der Waals surface area contributed by atoms with Crippen molar-refractivity contribution < 1.29 is 13.9 Å². The first-order valence-corrected chi connectivity index (χ1v) is 11.5. The molecule has 0 atom stereocenters. The number of hydrogen-bond acceptors (Lipinski definition) is 3. The largest absolute Gasteiger partial charge is 0.493 e. The van der Waals surface area contributed by atoms with Crippen LogP contribution in [-0.2, 0) is 25.8 Å². The Morgan fingerprint density at radius 1 is 1.03 bits per heavy atom. The summed E-state index contributed by atoms with van der Waals surface area (Å²) in [7, 11) is 0. The highest BCUT2D eigenvalue weighted by Crippen LogP contribution is 2.32. The Kier molecular flexibility index (Phi) is 5.93. The normalized spacial score (nSPS) is 15.3. The molecule has 1 amide bonds. The van der Waals surface area contributed by atoms with Crippen LogP contribution in [0.4, 0.5) is 4.39 Å². The third kappa shape index (κ3) is 4.69. The molecular weight excluding hydrogens is 405 g/mol. The van der Waals surface area contributed by atoms with Gasteiger partial charge in [-0.1, -0.05) is 24.3 Å². The zero-order chi connectivity index (χ0) is 21.9. The molecule has 1 N–H and O–H groups in total. The topological polar surface area (TPSA) is 58.2 Å². The summed E-state index contributed by atoms with van der Waals surface area (Å²) < 4.78 is 18.8. The number of amides is 1. The lowest BCUT2D eigenvalue weighted by Crippen LogP contribution is -2.33. The van der Waals surface area contributed by atoms with Crippen LogP contribution in [0.3, 0.4) is 0 Å². The van der Waals surface area contributed by atoms with Gasteiger partial charge >= 0.3 is 0 Å². The van der Waals surface area contributed by atoms with Gasteiger partial charge in [0.1, 0.15) is 11.6 Å². The van der Waals surface area contributed by atoms with Gasteiger partial charge in [0.25, 0.3) is 5.91 Å². The highest BCUT2D eigenvalue weighted by molar-refractivity contribution is 5.94. The Morgan fingerprint density at radius 3 is 2.50 bits per heavy atom. The van der Waals surface area contributed by atoms with Crippen molar-refractivity contribution in [1.29, 1.82) is 0 Å². The van der Waals surface area contributed by atoms with Crippen molar-refractivity contribution in [2.75, 3.05) is 6.61 Å². The lowest BCUT2D eigenvalue weighted by atomic mass is 9.95. The molecule has 1 saturated carbocycles. The molecule has 3 aromatic rings. The highest BCUT2D eigenvalue weighted by atomic mass is 19.1. The van der Waals surface area contributed by atoms with Gasteiger partial charge in [-0.15, -0.1) is 0 Å². The number of carbonyl (C=O) groups is 1. The number of nitrogens with zero attached hydrogens (tertiary/aromatic N) is 2. The molecule has 2 aromatic carbocycles. The minimum absolute atomic E-state index is 0.0477. The smallest absolute Gasteiger partial charge is 0.275 e. The molecular formula is C26H28FN3O2. The van der Waals surface area contributed by atoms with Gasteiger partial charge in [0, 0.05) is 30.3 Å². The zero-order valence-electron chi connectivity index (χ0n) is 18.1. The lowest BCUT2D eigenvalue weighted by Gasteiger charge is -2.23. The predicted octanol–water partition coefficient (Wildman–Crippen LogP) is 4.85. The lowest BCUT2D eigenvalue weighted by molar-refractivity contribution is 0.0722. The van der Waals surface area contributed by atoms with E-state index in [1.807, 2.05) is 29.2 Å². The van der Waals surface area contributed by atoms with Crippen LogP contribution in [0.2, 0.25) is 0 Å². The maximum absolute atomic E-state index is 13.3. The van der Waals surface area contributed by atoms with E-state index in [4.69, 9.17) is 4.74 Å². The third-order valence-electron chi connectivity index (χ3n) is 6.36. The molecule has 2 aliphatic rings. The Labute approximate surface area is 187 Å². The Balaban J connectivity index is 1.20. The van der Waals surface area contributed by atoms with Crippen LogP contribution in [0.1, 0.15) is 58.6 Å². The number of nitrogens with one attached hydrogen (secondary N) is 1. The number of aryl methyl sites for hydroxylation is 1. The first kappa shape index (κ1) is 20.7. The van der Waals surface area contributed by atoms with Crippen molar-refractivity contribution in [2.24, 2.45) is 0 Å². The molecule has 1 heterocycles.